The van der Waals surface area contributed by atoms with E-state index in [1.165, 1.54) is 0 Å². The molecule has 0 aliphatic rings. The summed E-state index contributed by atoms with van der Waals surface area (Å²) < 4.78 is 10.5. The van der Waals surface area contributed by atoms with Crippen LogP contribution in [0, 0.1) is 0 Å². The molecule has 4 nitrogen and oxygen atoms in total. The van der Waals surface area contributed by atoms with E-state index < -0.39 is 6.10 Å². The molecule has 21 heavy (non-hydrogen) atoms. The van der Waals surface area contributed by atoms with Crippen LogP contribution in [0.4, 0.5) is 0 Å². The van der Waals surface area contributed by atoms with E-state index in [1.807, 2.05) is 5.38 Å². The normalized spacial score (nSPS) is 13.0. The van der Waals surface area contributed by atoms with Crippen LogP contribution in [-0.2, 0) is 5.41 Å². The quantitative estimate of drug-likeness (QED) is 0.938. The van der Waals surface area contributed by atoms with Gasteiger partial charge in [0.05, 0.1) is 24.9 Å². The van der Waals surface area contributed by atoms with Crippen molar-refractivity contribution >= 4 is 11.3 Å². The molecule has 2 rings (SSSR count). The van der Waals surface area contributed by atoms with Crippen molar-refractivity contribution in [3.05, 3.63) is 39.8 Å². The number of thiazole rings is 1. The van der Waals surface area contributed by atoms with Crippen molar-refractivity contribution in [2.75, 3.05) is 14.2 Å². The summed E-state index contributed by atoms with van der Waals surface area (Å²) in [6, 6.07) is 5.37. The number of hydrogen-bond donors (Lipinski definition) is 1. The van der Waals surface area contributed by atoms with Gasteiger partial charge in [-0.3, -0.25) is 0 Å². The number of aromatic nitrogens is 1. The molecule has 0 fully saturated rings. The van der Waals surface area contributed by atoms with Gasteiger partial charge in [-0.05, 0) is 12.1 Å². The molecule has 0 saturated heterocycles. The average Bonchev–Trinajstić information content (AvgIpc) is 2.95. The van der Waals surface area contributed by atoms with Crippen LogP contribution in [0.1, 0.15) is 43.1 Å². The van der Waals surface area contributed by atoms with E-state index in [1.54, 1.807) is 43.8 Å². The molecule has 5 heteroatoms. The molecule has 1 aromatic carbocycles. The van der Waals surface area contributed by atoms with Crippen LogP contribution in [0.2, 0.25) is 0 Å². The summed E-state index contributed by atoms with van der Waals surface area (Å²) in [5, 5.41) is 13.5. The largest absolute Gasteiger partial charge is 0.497 e. The van der Waals surface area contributed by atoms with Crippen molar-refractivity contribution in [2.45, 2.75) is 32.3 Å². The molecule has 1 atom stereocenters. The molecule has 0 amide bonds. The Morgan fingerprint density at radius 2 is 1.90 bits per heavy atom. The number of aliphatic hydroxyl groups excluding tert-OH is 1. The van der Waals surface area contributed by atoms with Crippen molar-refractivity contribution in [2.24, 2.45) is 0 Å². The topological polar surface area (TPSA) is 51.6 Å². The standard InChI is InChI=1S/C16H21NO3S/c1-16(2,3)15-17-12(9-21-15)14(18)11-7-6-10(19-4)8-13(11)20-5/h6-9,14,18H,1-5H3. The number of hydrogen-bond acceptors (Lipinski definition) is 5. The van der Waals surface area contributed by atoms with E-state index in [-0.39, 0.29) is 5.41 Å². The maximum absolute atomic E-state index is 10.6. The predicted octanol–water partition coefficient (Wildman–Crippen LogP) is 3.54. The van der Waals surface area contributed by atoms with E-state index in [4.69, 9.17) is 9.47 Å². The van der Waals surface area contributed by atoms with Gasteiger partial charge in [-0.2, -0.15) is 0 Å². The number of aliphatic hydroxyl groups is 1. The minimum absolute atomic E-state index is 0.0212. The average molecular weight is 307 g/mol. The first kappa shape index (κ1) is 15.8. The third-order valence-electron chi connectivity index (χ3n) is 3.18. The summed E-state index contributed by atoms with van der Waals surface area (Å²) in [5.41, 5.74) is 1.31. The molecule has 1 unspecified atom stereocenters. The Balaban J connectivity index is 2.35. The summed E-state index contributed by atoms with van der Waals surface area (Å²) in [5.74, 6) is 1.28. The summed E-state index contributed by atoms with van der Waals surface area (Å²) in [6.45, 7) is 6.32. The summed E-state index contributed by atoms with van der Waals surface area (Å²) in [7, 11) is 3.17. The fraction of sp³-hybridized carbons (Fsp3) is 0.438. The lowest BCUT2D eigenvalue weighted by Crippen LogP contribution is -2.11. The first-order chi connectivity index (χ1) is 9.86. The Bertz CT molecular complexity index is 616. The van der Waals surface area contributed by atoms with Crippen molar-refractivity contribution in [3.8, 4) is 11.5 Å². The maximum atomic E-state index is 10.6. The highest BCUT2D eigenvalue weighted by atomic mass is 32.1. The van der Waals surface area contributed by atoms with Gasteiger partial charge in [0.2, 0.25) is 0 Å². The van der Waals surface area contributed by atoms with Crippen LogP contribution in [0.5, 0.6) is 11.5 Å². The van der Waals surface area contributed by atoms with Gasteiger partial charge in [0, 0.05) is 22.4 Å². The van der Waals surface area contributed by atoms with Gasteiger partial charge in [0.25, 0.3) is 0 Å². The van der Waals surface area contributed by atoms with Crippen LogP contribution in [0.25, 0.3) is 0 Å². The van der Waals surface area contributed by atoms with Crippen LogP contribution >= 0.6 is 11.3 Å². The van der Waals surface area contributed by atoms with Gasteiger partial charge < -0.3 is 14.6 Å². The lowest BCUT2D eigenvalue weighted by Gasteiger charge is -2.16. The molecule has 0 radical (unpaired) electrons. The highest BCUT2D eigenvalue weighted by Gasteiger charge is 2.23. The van der Waals surface area contributed by atoms with Crippen LogP contribution in [0.3, 0.4) is 0 Å². The van der Waals surface area contributed by atoms with E-state index >= 15 is 0 Å². The zero-order chi connectivity index (χ0) is 15.6. The first-order valence-corrected chi connectivity index (χ1v) is 7.60. The molecule has 1 N–H and O–H groups in total. The smallest absolute Gasteiger partial charge is 0.128 e. The fourth-order valence-corrected chi connectivity index (χ4v) is 2.89. The Kier molecular flexibility index (Phi) is 4.54. The first-order valence-electron chi connectivity index (χ1n) is 6.72. The second-order valence-corrected chi connectivity index (χ2v) is 6.70. The highest BCUT2D eigenvalue weighted by molar-refractivity contribution is 7.09. The van der Waals surface area contributed by atoms with E-state index in [0.717, 1.165) is 5.01 Å². The van der Waals surface area contributed by atoms with E-state index in [0.29, 0.717) is 22.8 Å². The Labute approximate surface area is 129 Å². The molecule has 114 valence electrons. The zero-order valence-corrected chi connectivity index (χ0v) is 13.8. The van der Waals surface area contributed by atoms with Crippen LogP contribution in [0.15, 0.2) is 23.6 Å². The Hall–Kier alpha value is -1.59. The number of rotatable bonds is 4. The molecule has 1 heterocycles. The number of benzene rings is 1. The fourth-order valence-electron chi connectivity index (χ4n) is 1.96. The van der Waals surface area contributed by atoms with E-state index in [9.17, 15) is 5.11 Å². The number of ether oxygens (including phenoxy) is 2. The third-order valence-corrected chi connectivity index (χ3v) is 4.47. The second kappa shape index (κ2) is 6.03. The molecule has 0 saturated carbocycles. The maximum Gasteiger partial charge on any atom is 0.128 e. The molecular formula is C16H21NO3S. The van der Waals surface area contributed by atoms with Crippen molar-refractivity contribution in [1.82, 2.24) is 4.98 Å². The minimum atomic E-state index is -0.807. The molecule has 2 aromatic rings. The molecule has 0 spiro atoms. The lowest BCUT2D eigenvalue weighted by molar-refractivity contribution is 0.210. The monoisotopic (exact) mass is 307 g/mol. The number of methoxy groups -OCH3 is 2. The summed E-state index contributed by atoms with van der Waals surface area (Å²) in [4.78, 5) is 4.56. The predicted molar refractivity (Wildman–Crippen MR) is 84.4 cm³/mol. The van der Waals surface area contributed by atoms with Gasteiger partial charge >= 0.3 is 0 Å². The highest BCUT2D eigenvalue weighted by Crippen LogP contribution is 2.35. The van der Waals surface area contributed by atoms with Gasteiger partial charge in [-0.25, -0.2) is 4.98 Å². The van der Waals surface area contributed by atoms with Crippen LogP contribution < -0.4 is 9.47 Å². The van der Waals surface area contributed by atoms with E-state index in [2.05, 4.69) is 25.8 Å². The molecule has 0 aliphatic heterocycles. The number of nitrogens with zero attached hydrogens (tertiary/aromatic N) is 1. The third kappa shape index (κ3) is 3.36. The van der Waals surface area contributed by atoms with Gasteiger partial charge in [-0.15, -0.1) is 11.3 Å². The van der Waals surface area contributed by atoms with Crippen molar-refractivity contribution in [3.63, 3.8) is 0 Å². The summed E-state index contributed by atoms with van der Waals surface area (Å²) in [6.07, 6.45) is -0.807. The Morgan fingerprint density at radius 1 is 1.19 bits per heavy atom. The van der Waals surface area contributed by atoms with Gasteiger partial charge in [-0.1, -0.05) is 20.8 Å². The van der Waals surface area contributed by atoms with Crippen LogP contribution in [-0.4, -0.2) is 24.3 Å². The van der Waals surface area contributed by atoms with Gasteiger partial charge in [0.1, 0.15) is 17.6 Å². The molecular weight excluding hydrogens is 286 g/mol. The Morgan fingerprint density at radius 3 is 2.43 bits per heavy atom. The van der Waals surface area contributed by atoms with Crippen molar-refractivity contribution in [1.29, 1.82) is 0 Å². The lowest BCUT2D eigenvalue weighted by atomic mass is 9.98. The molecule has 1 aromatic heterocycles. The van der Waals surface area contributed by atoms with Gasteiger partial charge in [0.15, 0.2) is 0 Å². The summed E-state index contributed by atoms with van der Waals surface area (Å²) >= 11 is 1.56. The molecule has 0 bridgehead atoms. The van der Waals surface area contributed by atoms with Crippen molar-refractivity contribution < 1.29 is 14.6 Å². The molecule has 0 aliphatic carbocycles. The zero-order valence-electron chi connectivity index (χ0n) is 13.0. The second-order valence-electron chi connectivity index (χ2n) is 5.84. The minimum Gasteiger partial charge on any atom is -0.497 e. The SMILES string of the molecule is COc1ccc(C(O)c2csc(C(C)(C)C)n2)c(OC)c1.